The average molecular weight is 293 g/mol. The standard InChI is InChI=1S/C15H19NO5/c1-10-7-12(15(19)16-3-5-20-6-4-16)8-11(2)14(10)21-9-13(17)18/h7-8H,3-6,9H2,1-2H3,(H,17,18). The monoisotopic (exact) mass is 293 g/mol. The normalized spacial score (nSPS) is 14.9. The van der Waals surface area contributed by atoms with E-state index in [1.54, 1.807) is 30.9 Å². The second kappa shape index (κ2) is 6.58. The number of carbonyl (C=O) groups is 2. The van der Waals surface area contributed by atoms with E-state index in [4.69, 9.17) is 14.6 Å². The molecule has 0 radical (unpaired) electrons. The second-order valence-electron chi connectivity index (χ2n) is 5.03. The average Bonchev–Trinajstić information content (AvgIpc) is 2.46. The Morgan fingerprint density at radius 3 is 2.33 bits per heavy atom. The Morgan fingerprint density at radius 1 is 1.24 bits per heavy atom. The van der Waals surface area contributed by atoms with Crippen molar-refractivity contribution in [1.29, 1.82) is 0 Å². The van der Waals surface area contributed by atoms with Crippen LogP contribution in [0.1, 0.15) is 21.5 Å². The van der Waals surface area contributed by atoms with Crippen molar-refractivity contribution >= 4 is 11.9 Å². The fourth-order valence-corrected chi connectivity index (χ4v) is 2.38. The Balaban J connectivity index is 2.18. The van der Waals surface area contributed by atoms with Gasteiger partial charge in [-0.1, -0.05) is 0 Å². The molecule has 1 aliphatic rings. The van der Waals surface area contributed by atoms with Gasteiger partial charge in [0.05, 0.1) is 13.2 Å². The van der Waals surface area contributed by atoms with Gasteiger partial charge in [-0.2, -0.15) is 0 Å². The first-order chi connectivity index (χ1) is 9.99. The van der Waals surface area contributed by atoms with Crippen LogP contribution in [0.3, 0.4) is 0 Å². The summed E-state index contributed by atoms with van der Waals surface area (Å²) in [5.74, 6) is -0.535. The van der Waals surface area contributed by atoms with Crippen LogP contribution in [0.2, 0.25) is 0 Å². The van der Waals surface area contributed by atoms with Crippen LogP contribution in [0.4, 0.5) is 0 Å². The number of aryl methyl sites for hydroxylation is 2. The lowest BCUT2D eigenvalue weighted by molar-refractivity contribution is -0.139. The molecular formula is C15H19NO5. The van der Waals surface area contributed by atoms with Gasteiger partial charge in [0.2, 0.25) is 0 Å². The Bertz CT molecular complexity index is 526. The van der Waals surface area contributed by atoms with E-state index in [0.29, 0.717) is 37.6 Å². The summed E-state index contributed by atoms with van der Waals surface area (Å²) in [5.41, 5.74) is 2.11. The number of hydrogen-bond acceptors (Lipinski definition) is 4. The number of carboxylic acids is 1. The van der Waals surface area contributed by atoms with Crippen LogP contribution in [-0.4, -0.2) is 54.8 Å². The molecule has 0 aromatic heterocycles. The second-order valence-corrected chi connectivity index (χ2v) is 5.03. The minimum absolute atomic E-state index is 0.0331. The highest BCUT2D eigenvalue weighted by atomic mass is 16.5. The predicted octanol–water partition coefficient (Wildman–Crippen LogP) is 1.24. The molecule has 1 aromatic rings. The SMILES string of the molecule is Cc1cc(C(=O)N2CCOCC2)cc(C)c1OCC(=O)O. The first-order valence-electron chi connectivity index (χ1n) is 6.82. The summed E-state index contributed by atoms with van der Waals surface area (Å²) in [6.07, 6.45) is 0. The number of carboxylic acid groups (broad SMARTS) is 1. The Morgan fingerprint density at radius 2 is 1.81 bits per heavy atom. The van der Waals surface area contributed by atoms with Gasteiger partial charge < -0.3 is 19.5 Å². The lowest BCUT2D eigenvalue weighted by atomic mass is 10.0. The van der Waals surface area contributed by atoms with Gasteiger partial charge in [0.15, 0.2) is 6.61 Å². The van der Waals surface area contributed by atoms with Crippen molar-refractivity contribution in [2.45, 2.75) is 13.8 Å². The predicted molar refractivity (Wildman–Crippen MR) is 75.8 cm³/mol. The van der Waals surface area contributed by atoms with Crippen LogP contribution >= 0.6 is 0 Å². The minimum Gasteiger partial charge on any atom is -0.481 e. The van der Waals surface area contributed by atoms with Gasteiger partial charge in [0.1, 0.15) is 5.75 Å². The van der Waals surface area contributed by atoms with Crippen LogP contribution in [0.5, 0.6) is 5.75 Å². The first kappa shape index (κ1) is 15.3. The van der Waals surface area contributed by atoms with Crippen molar-refractivity contribution in [2.24, 2.45) is 0 Å². The van der Waals surface area contributed by atoms with Crippen LogP contribution in [0.15, 0.2) is 12.1 Å². The highest BCUT2D eigenvalue weighted by Crippen LogP contribution is 2.25. The molecule has 0 bridgehead atoms. The number of morpholine rings is 1. The van der Waals surface area contributed by atoms with Gasteiger partial charge >= 0.3 is 5.97 Å². The third kappa shape index (κ3) is 3.72. The molecule has 0 aliphatic carbocycles. The van der Waals surface area contributed by atoms with E-state index in [1.165, 1.54) is 0 Å². The van der Waals surface area contributed by atoms with Crippen LogP contribution in [0.25, 0.3) is 0 Å². The molecule has 114 valence electrons. The third-order valence-corrected chi connectivity index (χ3v) is 3.35. The van der Waals surface area contributed by atoms with Gasteiger partial charge in [-0.3, -0.25) is 4.79 Å². The summed E-state index contributed by atoms with van der Waals surface area (Å²) in [6.45, 7) is 5.52. The van der Waals surface area contributed by atoms with Gasteiger partial charge in [-0.15, -0.1) is 0 Å². The highest BCUT2D eigenvalue weighted by molar-refractivity contribution is 5.95. The molecule has 1 aliphatic heterocycles. The largest absolute Gasteiger partial charge is 0.481 e. The van der Waals surface area contributed by atoms with E-state index in [0.717, 1.165) is 11.1 Å². The number of aliphatic carboxylic acids is 1. The van der Waals surface area contributed by atoms with Crippen molar-refractivity contribution < 1.29 is 24.2 Å². The zero-order valence-electron chi connectivity index (χ0n) is 12.2. The topological polar surface area (TPSA) is 76.1 Å². The number of nitrogens with zero attached hydrogens (tertiary/aromatic N) is 1. The van der Waals surface area contributed by atoms with Crippen LogP contribution < -0.4 is 4.74 Å². The van der Waals surface area contributed by atoms with E-state index < -0.39 is 12.6 Å². The summed E-state index contributed by atoms with van der Waals surface area (Å²) in [6, 6.07) is 3.48. The quantitative estimate of drug-likeness (QED) is 0.904. The van der Waals surface area contributed by atoms with Crippen molar-refractivity contribution in [2.75, 3.05) is 32.9 Å². The summed E-state index contributed by atoms with van der Waals surface area (Å²) in [4.78, 5) is 24.8. The molecule has 0 atom stereocenters. The Hall–Kier alpha value is -2.08. The fraction of sp³-hybridized carbons (Fsp3) is 0.467. The van der Waals surface area contributed by atoms with Gasteiger partial charge in [0.25, 0.3) is 5.91 Å². The van der Waals surface area contributed by atoms with Crippen LogP contribution in [-0.2, 0) is 9.53 Å². The number of amides is 1. The summed E-state index contributed by atoms with van der Waals surface area (Å²) in [5, 5.41) is 8.67. The Kier molecular flexibility index (Phi) is 4.80. The lowest BCUT2D eigenvalue weighted by Gasteiger charge is -2.27. The summed E-state index contributed by atoms with van der Waals surface area (Å²) < 4.78 is 10.5. The van der Waals surface area contributed by atoms with Crippen LogP contribution in [0, 0.1) is 13.8 Å². The molecule has 1 N–H and O–H groups in total. The maximum atomic E-state index is 12.4. The maximum absolute atomic E-state index is 12.4. The van der Waals surface area contributed by atoms with E-state index in [-0.39, 0.29) is 5.91 Å². The minimum atomic E-state index is -1.03. The van der Waals surface area contributed by atoms with Crippen molar-refractivity contribution in [1.82, 2.24) is 4.90 Å². The molecule has 2 rings (SSSR count). The first-order valence-corrected chi connectivity index (χ1v) is 6.82. The zero-order valence-corrected chi connectivity index (χ0v) is 12.2. The molecule has 1 heterocycles. The number of benzene rings is 1. The van der Waals surface area contributed by atoms with E-state index in [2.05, 4.69) is 0 Å². The van der Waals surface area contributed by atoms with Gasteiger partial charge in [-0.05, 0) is 37.1 Å². The summed E-state index contributed by atoms with van der Waals surface area (Å²) >= 11 is 0. The number of carbonyl (C=O) groups excluding carboxylic acids is 1. The molecule has 1 amide bonds. The molecule has 1 aromatic carbocycles. The number of ether oxygens (including phenoxy) is 2. The maximum Gasteiger partial charge on any atom is 0.341 e. The van der Waals surface area contributed by atoms with Gasteiger partial charge in [-0.25, -0.2) is 4.79 Å². The molecule has 6 nitrogen and oxygen atoms in total. The molecule has 1 saturated heterocycles. The molecule has 1 fully saturated rings. The number of rotatable bonds is 4. The lowest BCUT2D eigenvalue weighted by Crippen LogP contribution is -2.40. The Labute approximate surface area is 123 Å². The van der Waals surface area contributed by atoms with Crippen molar-refractivity contribution in [3.8, 4) is 5.75 Å². The van der Waals surface area contributed by atoms with E-state index >= 15 is 0 Å². The molecule has 21 heavy (non-hydrogen) atoms. The fourth-order valence-electron chi connectivity index (χ4n) is 2.38. The molecule has 0 unspecified atom stereocenters. The number of hydrogen-bond donors (Lipinski definition) is 1. The summed E-state index contributed by atoms with van der Waals surface area (Å²) in [7, 11) is 0. The molecular weight excluding hydrogens is 274 g/mol. The van der Waals surface area contributed by atoms with E-state index in [9.17, 15) is 9.59 Å². The third-order valence-electron chi connectivity index (χ3n) is 3.35. The highest BCUT2D eigenvalue weighted by Gasteiger charge is 2.20. The van der Waals surface area contributed by atoms with Crippen molar-refractivity contribution in [3.05, 3.63) is 28.8 Å². The van der Waals surface area contributed by atoms with Gasteiger partial charge in [0, 0.05) is 18.7 Å². The molecule has 6 heteroatoms. The van der Waals surface area contributed by atoms with Crippen molar-refractivity contribution in [3.63, 3.8) is 0 Å². The zero-order chi connectivity index (χ0) is 15.4. The van der Waals surface area contributed by atoms with E-state index in [1.807, 2.05) is 0 Å². The molecule has 0 saturated carbocycles. The molecule has 0 spiro atoms. The smallest absolute Gasteiger partial charge is 0.341 e.